The maximum atomic E-state index is 12.8. The van der Waals surface area contributed by atoms with Crippen molar-refractivity contribution in [3.8, 4) is 17.1 Å². The van der Waals surface area contributed by atoms with E-state index in [0.29, 0.717) is 16.1 Å². The van der Waals surface area contributed by atoms with Crippen LogP contribution in [0.1, 0.15) is 27.4 Å². The largest absolute Gasteiger partial charge is 0.483 e. The minimum absolute atomic E-state index is 0.0907. The van der Waals surface area contributed by atoms with Crippen molar-refractivity contribution in [2.45, 2.75) is 12.8 Å². The number of hydrogen-bond donors (Lipinski definition) is 0. The van der Waals surface area contributed by atoms with Crippen molar-refractivity contribution >= 4 is 17.4 Å². The molecule has 9 heteroatoms. The van der Waals surface area contributed by atoms with Crippen LogP contribution >= 0.6 is 11.6 Å². The van der Waals surface area contributed by atoms with Gasteiger partial charge in [-0.25, -0.2) is 0 Å². The van der Waals surface area contributed by atoms with Crippen LogP contribution in [0.25, 0.3) is 11.4 Å². The van der Waals surface area contributed by atoms with Gasteiger partial charge in [-0.15, -0.1) is 0 Å². The van der Waals surface area contributed by atoms with Crippen LogP contribution in [-0.4, -0.2) is 15.9 Å². The normalized spacial score (nSPS) is 11.4. The zero-order valence-corrected chi connectivity index (χ0v) is 17.0. The van der Waals surface area contributed by atoms with E-state index in [1.165, 1.54) is 18.2 Å². The lowest BCUT2D eigenvalue weighted by Crippen LogP contribution is -2.06. The first kappa shape index (κ1) is 21.6. The molecule has 0 radical (unpaired) electrons. The first-order valence-corrected chi connectivity index (χ1v) is 9.71. The highest BCUT2D eigenvalue weighted by molar-refractivity contribution is 6.31. The average molecular weight is 459 g/mol. The van der Waals surface area contributed by atoms with Gasteiger partial charge in [-0.1, -0.05) is 59.2 Å². The highest BCUT2D eigenvalue weighted by Crippen LogP contribution is 2.31. The fourth-order valence-electron chi connectivity index (χ4n) is 2.93. The van der Waals surface area contributed by atoms with Gasteiger partial charge in [0.05, 0.1) is 11.1 Å². The summed E-state index contributed by atoms with van der Waals surface area (Å²) in [4.78, 5) is 17.0. The Balaban J connectivity index is 1.50. The predicted molar refractivity (Wildman–Crippen MR) is 110 cm³/mol. The Morgan fingerprint density at radius 3 is 2.41 bits per heavy atom. The summed E-state index contributed by atoms with van der Waals surface area (Å²) >= 11 is 6.06. The number of ether oxygens (including phenoxy) is 1. The van der Waals surface area contributed by atoms with Gasteiger partial charge < -0.3 is 9.26 Å². The molecule has 0 fully saturated rings. The van der Waals surface area contributed by atoms with Crippen LogP contribution in [-0.2, 0) is 12.8 Å². The molecule has 1 heterocycles. The molecule has 0 aliphatic heterocycles. The molecule has 0 spiro atoms. The minimum atomic E-state index is -4.43. The van der Waals surface area contributed by atoms with E-state index in [1.807, 2.05) is 0 Å². The van der Waals surface area contributed by atoms with Gasteiger partial charge in [0.2, 0.25) is 5.82 Å². The molecule has 0 bridgehead atoms. The molecule has 4 aromatic rings. The lowest BCUT2D eigenvalue weighted by atomic mass is 10.0. The van der Waals surface area contributed by atoms with Crippen molar-refractivity contribution in [3.05, 3.63) is 100 Å². The van der Waals surface area contributed by atoms with Gasteiger partial charge in [-0.05, 0) is 30.3 Å². The molecule has 5 nitrogen and oxygen atoms in total. The van der Waals surface area contributed by atoms with Gasteiger partial charge in [0.15, 0.2) is 12.4 Å². The highest BCUT2D eigenvalue weighted by atomic mass is 35.5. The van der Waals surface area contributed by atoms with Gasteiger partial charge >= 0.3 is 6.18 Å². The molecule has 0 aliphatic rings. The Morgan fingerprint density at radius 1 is 1.00 bits per heavy atom. The number of hydrogen-bond acceptors (Lipinski definition) is 5. The summed E-state index contributed by atoms with van der Waals surface area (Å²) < 4.78 is 49.0. The van der Waals surface area contributed by atoms with Crippen molar-refractivity contribution in [1.29, 1.82) is 0 Å². The third-order valence-corrected chi connectivity index (χ3v) is 4.75. The minimum Gasteiger partial charge on any atom is -0.483 e. The van der Waals surface area contributed by atoms with E-state index in [2.05, 4.69) is 10.1 Å². The molecule has 0 aliphatic carbocycles. The van der Waals surface area contributed by atoms with Crippen LogP contribution in [0, 0.1) is 0 Å². The number of carbonyl (C=O) groups is 1. The van der Waals surface area contributed by atoms with Crippen molar-refractivity contribution in [2.75, 3.05) is 0 Å². The Bertz CT molecular complexity index is 1240. The Labute approximate surface area is 185 Å². The van der Waals surface area contributed by atoms with E-state index in [-0.39, 0.29) is 35.4 Å². The van der Waals surface area contributed by atoms with Crippen molar-refractivity contribution in [3.63, 3.8) is 0 Å². The first-order chi connectivity index (χ1) is 15.3. The van der Waals surface area contributed by atoms with Crippen LogP contribution in [0.2, 0.25) is 5.02 Å². The van der Waals surface area contributed by atoms with Crippen LogP contribution in [0.3, 0.4) is 0 Å². The zero-order valence-electron chi connectivity index (χ0n) is 16.3. The summed E-state index contributed by atoms with van der Waals surface area (Å²) in [6, 6.07) is 17.7. The second-order valence-electron chi connectivity index (χ2n) is 6.71. The van der Waals surface area contributed by atoms with Crippen molar-refractivity contribution in [2.24, 2.45) is 0 Å². The Morgan fingerprint density at radius 2 is 1.72 bits per heavy atom. The van der Waals surface area contributed by atoms with E-state index in [0.717, 1.165) is 12.1 Å². The number of aromatic nitrogens is 2. The standard InChI is InChI=1S/C23H14ClF3N2O3/c24-17-10-11-19(18(12-17)21(30)14-4-2-1-3-5-14)31-13-20-28-22(29-32-20)15-6-8-16(9-7-15)23(25,26)27/h1-12H,13H2. The second kappa shape index (κ2) is 8.84. The summed E-state index contributed by atoms with van der Waals surface area (Å²) in [6.45, 7) is -0.148. The molecule has 0 N–H and O–H groups in total. The number of ketones is 1. The molecule has 0 saturated heterocycles. The number of benzene rings is 3. The molecule has 1 aromatic heterocycles. The predicted octanol–water partition coefficient (Wildman–Crippen LogP) is 6.22. The van der Waals surface area contributed by atoms with Crippen LogP contribution in [0.5, 0.6) is 5.75 Å². The molecular weight excluding hydrogens is 445 g/mol. The van der Waals surface area contributed by atoms with Crippen LogP contribution < -0.4 is 4.74 Å². The van der Waals surface area contributed by atoms with E-state index in [4.69, 9.17) is 20.9 Å². The summed E-state index contributed by atoms with van der Waals surface area (Å²) in [7, 11) is 0. The Kier molecular flexibility index (Phi) is 5.96. The SMILES string of the molecule is O=C(c1ccccc1)c1cc(Cl)ccc1OCc1nc(-c2ccc(C(F)(F)F)cc2)no1. The van der Waals surface area contributed by atoms with E-state index in [9.17, 15) is 18.0 Å². The van der Waals surface area contributed by atoms with E-state index < -0.39 is 11.7 Å². The molecule has 4 rings (SSSR count). The second-order valence-corrected chi connectivity index (χ2v) is 7.15. The van der Waals surface area contributed by atoms with Gasteiger partial charge in [0.25, 0.3) is 5.89 Å². The lowest BCUT2D eigenvalue weighted by Gasteiger charge is -2.10. The van der Waals surface area contributed by atoms with Crippen LogP contribution in [0.4, 0.5) is 13.2 Å². The smallest absolute Gasteiger partial charge is 0.416 e. The lowest BCUT2D eigenvalue weighted by molar-refractivity contribution is -0.137. The molecule has 162 valence electrons. The summed E-state index contributed by atoms with van der Waals surface area (Å²) in [6.07, 6.45) is -4.43. The van der Waals surface area contributed by atoms with Crippen molar-refractivity contribution in [1.82, 2.24) is 10.1 Å². The van der Waals surface area contributed by atoms with Crippen molar-refractivity contribution < 1.29 is 27.2 Å². The molecule has 32 heavy (non-hydrogen) atoms. The number of alkyl halides is 3. The third kappa shape index (κ3) is 4.81. The topological polar surface area (TPSA) is 65.2 Å². The number of halogens is 4. The van der Waals surface area contributed by atoms with Gasteiger partial charge in [0.1, 0.15) is 5.75 Å². The summed E-state index contributed by atoms with van der Waals surface area (Å²) in [5, 5.41) is 4.15. The Hall–Kier alpha value is -3.65. The van der Waals surface area contributed by atoms with Gasteiger partial charge in [-0.2, -0.15) is 18.2 Å². The molecule has 0 atom stereocenters. The number of carbonyl (C=O) groups excluding carboxylic acids is 1. The molecule has 0 amide bonds. The van der Waals surface area contributed by atoms with E-state index in [1.54, 1.807) is 42.5 Å². The van der Waals surface area contributed by atoms with Crippen LogP contribution in [0.15, 0.2) is 77.3 Å². The molecular formula is C23H14ClF3N2O3. The molecule has 3 aromatic carbocycles. The maximum absolute atomic E-state index is 12.8. The summed E-state index contributed by atoms with van der Waals surface area (Å²) in [5.41, 5.74) is 0.333. The average Bonchev–Trinajstić information content (AvgIpc) is 3.27. The highest BCUT2D eigenvalue weighted by Gasteiger charge is 2.30. The monoisotopic (exact) mass is 458 g/mol. The molecule has 0 saturated carbocycles. The van der Waals surface area contributed by atoms with E-state index >= 15 is 0 Å². The zero-order chi connectivity index (χ0) is 22.7. The molecule has 0 unspecified atom stereocenters. The summed E-state index contributed by atoms with van der Waals surface area (Å²) in [5.74, 6) is 0.221. The fourth-order valence-corrected chi connectivity index (χ4v) is 3.10. The third-order valence-electron chi connectivity index (χ3n) is 4.51. The number of rotatable bonds is 6. The quantitative estimate of drug-likeness (QED) is 0.321. The fraction of sp³-hybridized carbons (Fsp3) is 0.0870. The first-order valence-electron chi connectivity index (χ1n) is 9.33. The number of nitrogens with zero attached hydrogens (tertiary/aromatic N) is 2. The van der Waals surface area contributed by atoms with Gasteiger partial charge in [0, 0.05) is 16.1 Å². The maximum Gasteiger partial charge on any atom is 0.416 e. The van der Waals surface area contributed by atoms with Gasteiger partial charge in [-0.3, -0.25) is 4.79 Å².